The summed E-state index contributed by atoms with van der Waals surface area (Å²) in [4.78, 5) is 64.6. The smallest absolute Gasteiger partial charge is 0.356 e. The number of rotatable bonds is 16. The van der Waals surface area contributed by atoms with Gasteiger partial charge in [0, 0.05) is 29.1 Å². The van der Waals surface area contributed by atoms with Crippen LogP contribution in [0.5, 0.6) is 0 Å². The molecule has 10 rings (SSSR count). The first-order valence-corrected chi connectivity index (χ1v) is 24.6. The van der Waals surface area contributed by atoms with Gasteiger partial charge in [-0.1, -0.05) is 168 Å². The number of carbonyl (C=O) groups excluding carboxylic acids is 3. The zero-order valence-electron chi connectivity index (χ0n) is 36.8. The standard InChI is InChI=1S/C53H42N8O5S3/c1-65-60-43(41-33-68-52(57-41)59-53(36-22-11-4-12-23-36,37-24-13-5-14-25-37)38-26-15-6-16-27-38)47(62)58-44-48(63)61-45(50(64)66-46(34-18-7-2-8-19-34)35-20-9-3-10-21-35)40(32-67-49(44)61)42-31-55-51(69-42)56-39-28-17-29-54-30-39/h2-31,33,44,46,49H,32H2,1H3,(H,55,56)(H,57,59)(H,58,62)/b60-43+. The number of β-lactam (4-membered cyclic amide) rings is 1. The molecule has 2 aliphatic heterocycles. The van der Waals surface area contributed by atoms with Gasteiger partial charge in [0.2, 0.25) is 0 Å². The van der Waals surface area contributed by atoms with Gasteiger partial charge >= 0.3 is 5.97 Å². The van der Waals surface area contributed by atoms with Gasteiger partial charge in [-0.15, -0.1) is 23.1 Å². The minimum absolute atomic E-state index is 0.0856. The molecule has 2 unspecified atom stereocenters. The number of ether oxygens (including phenoxy) is 1. The number of thioether (sulfide) groups is 1. The maximum atomic E-state index is 14.8. The minimum Gasteiger partial charge on any atom is -0.448 e. The summed E-state index contributed by atoms with van der Waals surface area (Å²) in [5, 5.41) is 16.2. The topological polar surface area (TPSA) is 160 Å². The summed E-state index contributed by atoms with van der Waals surface area (Å²) in [6.07, 6.45) is 4.27. The van der Waals surface area contributed by atoms with E-state index in [-0.39, 0.29) is 17.1 Å². The SMILES string of the molecule is CO/N=C(/C(=O)NC1C(=O)N2C(C(=O)OC(c3ccccc3)c3ccccc3)=C(c3cnc(Nc4cccnc4)s3)CSC12)c1csc(NC(c2ccccc2)(c2ccccc2)c2ccccc2)n1. The highest BCUT2D eigenvalue weighted by Gasteiger charge is 2.55. The Labute approximate surface area is 410 Å². The summed E-state index contributed by atoms with van der Waals surface area (Å²) in [7, 11) is 1.34. The highest BCUT2D eigenvalue weighted by Crippen LogP contribution is 2.46. The Morgan fingerprint density at radius 2 is 1.36 bits per heavy atom. The predicted molar refractivity (Wildman–Crippen MR) is 271 cm³/mol. The Morgan fingerprint density at radius 3 is 1.93 bits per heavy atom. The molecule has 342 valence electrons. The van der Waals surface area contributed by atoms with Crippen LogP contribution in [0.1, 0.15) is 44.5 Å². The van der Waals surface area contributed by atoms with Crippen molar-refractivity contribution in [1.29, 1.82) is 0 Å². The molecular weight excluding hydrogens is 925 g/mol. The number of nitrogens with zero attached hydrogens (tertiary/aromatic N) is 5. The molecule has 13 nitrogen and oxygen atoms in total. The van der Waals surface area contributed by atoms with E-state index in [0.717, 1.165) is 33.5 Å². The van der Waals surface area contributed by atoms with Crippen LogP contribution in [0, 0.1) is 0 Å². The van der Waals surface area contributed by atoms with E-state index in [1.54, 1.807) is 24.0 Å². The fourth-order valence-corrected chi connectivity index (χ4v) is 11.5. The Kier molecular flexibility index (Phi) is 13.1. The van der Waals surface area contributed by atoms with Crippen LogP contribution in [0.15, 0.2) is 199 Å². The molecule has 5 heterocycles. The van der Waals surface area contributed by atoms with Crippen molar-refractivity contribution in [2.45, 2.75) is 23.1 Å². The number of aromatic nitrogens is 3. The first kappa shape index (κ1) is 44.9. The number of benzene rings is 5. The van der Waals surface area contributed by atoms with Crippen LogP contribution in [-0.2, 0) is 29.5 Å². The van der Waals surface area contributed by atoms with Crippen molar-refractivity contribution in [2.75, 3.05) is 23.5 Å². The van der Waals surface area contributed by atoms with E-state index in [2.05, 4.69) is 67.5 Å². The Morgan fingerprint density at radius 1 is 0.768 bits per heavy atom. The predicted octanol–water partition coefficient (Wildman–Crippen LogP) is 9.64. The third-order valence-corrected chi connectivity index (χ3v) is 14.7. The van der Waals surface area contributed by atoms with Crippen molar-refractivity contribution >= 4 is 79.5 Å². The van der Waals surface area contributed by atoms with Crippen molar-refractivity contribution < 1.29 is 24.0 Å². The van der Waals surface area contributed by atoms with E-state index in [4.69, 9.17) is 14.6 Å². The van der Waals surface area contributed by atoms with Crippen molar-refractivity contribution in [3.8, 4) is 0 Å². The van der Waals surface area contributed by atoms with Gasteiger partial charge in [0.25, 0.3) is 11.8 Å². The molecule has 1 saturated heterocycles. The van der Waals surface area contributed by atoms with Gasteiger partial charge in [-0.3, -0.25) is 19.5 Å². The van der Waals surface area contributed by atoms with Gasteiger partial charge in [-0.05, 0) is 39.9 Å². The van der Waals surface area contributed by atoms with Crippen LogP contribution in [0.25, 0.3) is 5.57 Å². The highest BCUT2D eigenvalue weighted by atomic mass is 32.2. The largest absolute Gasteiger partial charge is 0.448 e. The number of thiazole rings is 2. The summed E-state index contributed by atoms with van der Waals surface area (Å²) >= 11 is 4.06. The van der Waals surface area contributed by atoms with E-state index in [9.17, 15) is 14.4 Å². The quantitative estimate of drug-likeness (QED) is 0.0278. The van der Waals surface area contributed by atoms with Crippen molar-refractivity contribution in [3.63, 3.8) is 0 Å². The van der Waals surface area contributed by atoms with E-state index in [1.807, 2.05) is 127 Å². The average Bonchev–Trinajstić information content (AvgIpc) is 4.08. The van der Waals surface area contributed by atoms with Crippen LogP contribution >= 0.6 is 34.4 Å². The van der Waals surface area contributed by atoms with Crippen molar-refractivity contribution in [3.05, 3.63) is 232 Å². The molecule has 0 spiro atoms. The number of anilines is 3. The van der Waals surface area contributed by atoms with Crippen LogP contribution < -0.4 is 16.0 Å². The van der Waals surface area contributed by atoms with Crippen LogP contribution in [0.4, 0.5) is 16.0 Å². The third kappa shape index (κ3) is 9.12. The maximum absolute atomic E-state index is 14.8. The molecule has 0 saturated carbocycles. The molecule has 8 aromatic rings. The molecule has 1 fully saturated rings. The zero-order chi connectivity index (χ0) is 47.2. The summed E-state index contributed by atoms with van der Waals surface area (Å²) in [6, 6.07) is 51.9. The van der Waals surface area contributed by atoms with Gasteiger partial charge in [0.05, 0.1) is 16.8 Å². The van der Waals surface area contributed by atoms with E-state index < -0.39 is 40.8 Å². The fraction of sp³-hybridized carbons (Fsp3) is 0.113. The molecule has 3 aromatic heterocycles. The molecule has 0 bridgehead atoms. The second-order valence-corrected chi connectivity index (χ2v) is 18.8. The van der Waals surface area contributed by atoms with Crippen molar-refractivity contribution in [1.82, 2.24) is 25.2 Å². The third-order valence-electron chi connectivity index (χ3n) is 11.7. The molecule has 0 radical (unpaired) electrons. The minimum atomic E-state index is -1.02. The van der Waals surface area contributed by atoms with Crippen LogP contribution in [-0.4, -0.2) is 67.6 Å². The number of fused-ring (bicyclic) bond motifs is 1. The Bertz CT molecular complexity index is 3000. The van der Waals surface area contributed by atoms with Gasteiger partial charge in [0.1, 0.15) is 35.5 Å². The lowest BCUT2D eigenvalue weighted by Crippen LogP contribution is -2.71. The lowest BCUT2D eigenvalue weighted by molar-refractivity contribution is -0.154. The normalized spacial score (nSPS) is 15.8. The Balaban J connectivity index is 0.939. The molecule has 5 aromatic carbocycles. The second-order valence-electron chi connectivity index (χ2n) is 15.8. The molecule has 69 heavy (non-hydrogen) atoms. The van der Waals surface area contributed by atoms with Crippen molar-refractivity contribution in [2.24, 2.45) is 5.16 Å². The molecule has 16 heteroatoms. The summed E-state index contributed by atoms with van der Waals surface area (Å²) in [5.41, 5.74) is 5.12. The van der Waals surface area contributed by atoms with Crippen LogP contribution in [0.2, 0.25) is 0 Å². The van der Waals surface area contributed by atoms with E-state index in [0.29, 0.717) is 26.5 Å². The van der Waals surface area contributed by atoms with Gasteiger partial charge in [0.15, 0.2) is 22.1 Å². The summed E-state index contributed by atoms with van der Waals surface area (Å²) in [6.45, 7) is 0. The fourth-order valence-electron chi connectivity index (χ4n) is 8.46. The molecule has 2 atom stereocenters. The molecule has 2 amide bonds. The molecular formula is C53H42N8O5S3. The monoisotopic (exact) mass is 966 g/mol. The lowest BCUT2D eigenvalue weighted by atomic mass is 9.77. The Hall–Kier alpha value is -7.92. The number of amides is 2. The number of hydrogen-bond donors (Lipinski definition) is 3. The van der Waals surface area contributed by atoms with E-state index in [1.165, 1.54) is 46.4 Å². The van der Waals surface area contributed by atoms with E-state index >= 15 is 0 Å². The molecule has 3 N–H and O–H groups in total. The molecule has 2 aliphatic rings. The summed E-state index contributed by atoms with van der Waals surface area (Å²) < 4.78 is 6.41. The lowest BCUT2D eigenvalue weighted by Gasteiger charge is -2.49. The number of esters is 1. The first-order valence-electron chi connectivity index (χ1n) is 21.9. The average molecular weight is 967 g/mol. The van der Waals surface area contributed by atoms with Gasteiger partial charge < -0.3 is 25.5 Å². The number of oxime groups is 1. The maximum Gasteiger partial charge on any atom is 0.356 e. The molecule has 0 aliphatic carbocycles. The number of nitrogens with one attached hydrogen (secondary N) is 3. The van der Waals surface area contributed by atoms with Crippen LogP contribution in [0.3, 0.4) is 0 Å². The van der Waals surface area contributed by atoms with Gasteiger partial charge in [-0.25, -0.2) is 14.8 Å². The zero-order valence-corrected chi connectivity index (χ0v) is 39.3. The highest BCUT2D eigenvalue weighted by molar-refractivity contribution is 8.00. The second kappa shape index (κ2) is 20.1. The number of hydrogen-bond acceptors (Lipinski definition) is 14. The number of carbonyl (C=O) groups is 3. The first-order chi connectivity index (χ1) is 33.9. The number of pyridine rings is 1. The van der Waals surface area contributed by atoms with Gasteiger partial charge in [-0.2, -0.15) is 0 Å². The summed E-state index contributed by atoms with van der Waals surface area (Å²) in [5.74, 6) is -1.54.